The third kappa shape index (κ3) is 4.29. The Hall–Kier alpha value is -1.11. The van der Waals surface area contributed by atoms with Gasteiger partial charge in [-0.25, -0.2) is 13.1 Å². The molecule has 0 saturated carbocycles. The van der Waals surface area contributed by atoms with Crippen LogP contribution in [0, 0.1) is 0 Å². The highest BCUT2D eigenvalue weighted by Crippen LogP contribution is 2.13. The van der Waals surface area contributed by atoms with Gasteiger partial charge >= 0.3 is 0 Å². The molecule has 1 aromatic rings. The second-order valence-electron chi connectivity index (χ2n) is 4.16. The van der Waals surface area contributed by atoms with Gasteiger partial charge < -0.3 is 11.1 Å². The SMILES string of the molecule is CCCC(N)CNc1ccc(S(=O)(=O)NC)cc1. The molecule has 0 saturated heterocycles. The minimum absolute atomic E-state index is 0.121. The predicted molar refractivity (Wildman–Crippen MR) is 74.1 cm³/mol. The Kier molecular flexibility index (Phi) is 5.58. The largest absolute Gasteiger partial charge is 0.383 e. The lowest BCUT2D eigenvalue weighted by atomic mass is 10.2. The number of hydrogen-bond donors (Lipinski definition) is 3. The van der Waals surface area contributed by atoms with Crippen molar-refractivity contribution in [3.05, 3.63) is 24.3 Å². The maximum atomic E-state index is 11.5. The molecule has 18 heavy (non-hydrogen) atoms. The maximum absolute atomic E-state index is 11.5. The number of sulfonamides is 1. The lowest BCUT2D eigenvalue weighted by Gasteiger charge is -2.13. The summed E-state index contributed by atoms with van der Waals surface area (Å²) in [4.78, 5) is 0.258. The average Bonchev–Trinajstić information content (AvgIpc) is 2.37. The lowest BCUT2D eigenvalue weighted by molar-refractivity contribution is 0.588. The van der Waals surface area contributed by atoms with Crippen LogP contribution in [0.15, 0.2) is 29.2 Å². The van der Waals surface area contributed by atoms with Crippen LogP contribution in [0.1, 0.15) is 19.8 Å². The summed E-state index contributed by atoms with van der Waals surface area (Å²) in [7, 11) is -1.96. The van der Waals surface area contributed by atoms with Crippen molar-refractivity contribution >= 4 is 15.7 Å². The molecule has 0 bridgehead atoms. The van der Waals surface area contributed by atoms with Gasteiger partial charge in [0.05, 0.1) is 4.90 Å². The Bertz CT molecular complexity index is 457. The van der Waals surface area contributed by atoms with E-state index in [2.05, 4.69) is 17.0 Å². The van der Waals surface area contributed by atoms with Crippen LogP contribution in [0.2, 0.25) is 0 Å². The lowest BCUT2D eigenvalue weighted by Crippen LogP contribution is -2.28. The summed E-state index contributed by atoms with van der Waals surface area (Å²) in [6, 6.07) is 6.74. The van der Waals surface area contributed by atoms with E-state index in [9.17, 15) is 8.42 Å². The standard InChI is InChI=1S/C12H21N3O2S/c1-3-4-10(13)9-15-11-5-7-12(8-6-11)18(16,17)14-2/h5-8,10,14-15H,3-4,9,13H2,1-2H3. The van der Waals surface area contributed by atoms with Gasteiger partial charge in [-0.15, -0.1) is 0 Å². The Labute approximate surface area is 109 Å². The van der Waals surface area contributed by atoms with Crippen LogP contribution in [0.25, 0.3) is 0 Å². The molecule has 0 spiro atoms. The van der Waals surface area contributed by atoms with E-state index in [4.69, 9.17) is 5.73 Å². The van der Waals surface area contributed by atoms with Crippen molar-refractivity contribution in [1.29, 1.82) is 0 Å². The first-order valence-corrected chi connectivity index (χ1v) is 7.51. The summed E-state index contributed by atoms with van der Waals surface area (Å²) in [5, 5.41) is 3.19. The van der Waals surface area contributed by atoms with Gasteiger partial charge in [0.2, 0.25) is 10.0 Å². The number of benzene rings is 1. The molecule has 0 radical (unpaired) electrons. The summed E-state index contributed by atoms with van der Waals surface area (Å²) >= 11 is 0. The monoisotopic (exact) mass is 271 g/mol. The average molecular weight is 271 g/mol. The number of nitrogens with one attached hydrogen (secondary N) is 2. The molecular formula is C12H21N3O2S. The zero-order valence-corrected chi connectivity index (χ0v) is 11.6. The van der Waals surface area contributed by atoms with Gasteiger partial charge in [0.15, 0.2) is 0 Å². The Morgan fingerprint density at radius 3 is 2.39 bits per heavy atom. The highest BCUT2D eigenvalue weighted by atomic mass is 32.2. The number of rotatable bonds is 7. The molecule has 6 heteroatoms. The number of nitrogens with two attached hydrogens (primary N) is 1. The quantitative estimate of drug-likeness (QED) is 0.694. The second-order valence-corrected chi connectivity index (χ2v) is 6.05. The minimum Gasteiger partial charge on any atom is -0.383 e. The Balaban J connectivity index is 2.61. The first-order valence-electron chi connectivity index (χ1n) is 6.02. The van der Waals surface area contributed by atoms with Crippen LogP contribution in [0.4, 0.5) is 5.69 Å². The van der Waals surface area contributed by atoms with Crippen LogP contribution >= 0.6 is 0 Å². The van der Waals surface area contributed by atoms with Gasteiger partial charge in [0.1, 0.15) is 0 Å². The molecular weight excluding hydrogens is 250 g/mol. The summed E-state index contributed by atoms with van der Waals surface area (Å²) in [6.45, 7) is 2.78. The Morgan fingerprint density at radius 2 is 1.89 bits per heavy atom. The van der Waals surface area contributed by atoms with Crippen LogP contribution in [0.3, 0.4) is 0 Å². The van der Waals surface area contributed by atoms with Crippen LogP contribution in [-0.4, -0.2) is 28.1 Å². The van der Waals surface area contributed by atoms with Crippen molar-refractivity contribution < 1.29 is 8.42 Å². The van der Waals surface area contributed by atoms with Gasteiger partial charge in [0.25, 0.3) is 0 Å². The van der Waals surface area contributed by atoms with E-state index in [0.717, 1.165) is 18.5 Å². The highest BCUT2D eigenvalue weighted by Gasteiger charge is 2.10. The zero-order valence-electron chi connectivity index (χ0n) is 10.8. The first-order chi connectivity index (χ1) is 8.49. The molecule has 0 heterocycles. The van der Waals surface area contributed by atoms with Crippen molar-refractivity contribution in [3.63, 3.8) is 0 Å². The molecule has 0 aliphatic carbocycles. The van der Waals surface area contributed by atoms with E-state index in [1.165, 1.54) is 7.05 Å². The molecule has 0 fully saturated rings. The molecule has 0 aromatic heterocycles. The number of anilines is 1. The van der Waals surface area contributed by atoms with E-state index >= 15 is 0 Å². The summed E-state index contributed by atoms with van der Waals surface area (Å²) in [6.07, 6.45) is 2.03. The normalized spacial score (nSPS) is 13.3. The van der Waals surface area contributed by atoms with Gasteiger partial charge in [0, 0.05) is 18.3 Å². The zero-order chi connectivity index (χ0) is 13.6. The first kappa shape index (κ1) is 14.9. The van der Waals surface area contributed by atoms with Crippen molar-refractivity contribution in [2.24, 2.45) is 5.73 Å². The van der Waals surface area contributed by atoms with E-state index < -0.39 is 10.0 Å². The molecule has 1 atom stereocenters. The summed E-state index contributed by atoms with van der Waals surface area (Å²) < 4.78 is 25.3. The second kappa shape index (κ2) is 6.72. The maximum Gasteiger partial charge on any atom is 0.240 e. The van der Waals surface area contributed by atoms with Crippen molar-refractivity contribution in [2.45, 2.75) is 30.7 Å². The molecule has 4 N–H and O–H groups in total. The molecule has 0 amide bonds. The van der Waals surface area contributed by atoms with Gasteiger partial charge in [-0.1, -0.05) is 13.3 Å². The molecule has 102 valence electrons. The van der Waals surface area contributed by atoms with E-state index in [1.54, 1.807) is 24.3 Å². The Morgan fingerprint density at radius 1 is 1.28 bits per heavy atom. The van der Waals surface area contributed by atoms with Crippen molar-refractivity contribution in [1.82, 2.24) is 4.72 Å². The van der Waals surface area contributed by atoms with Gasteiger partial charge in [-0.3, -0.25) is 0 Å². The fraction of sp³-hybridized carbons (Fsp3) is 0.500. The van der Waals surface area contributed by atoms with Crippen molar-refractivity contribution in [3.8, 4) is 0 Å². The molecule has 0 aliphatic rings. The fourth-order valence-electron chi connectivity index (χ4n) is 1.59. The predicted octanol–water partition coefficient (Wildman–Crippen LogP) is 1.13. The summed E-state index contributed by atoms with van der Waals surface area (Å²) in [5.74, 6) is 0. The number of hydrogen-bond acceptors (Lipinski definition) is 4. The molecule has 1 unspecified atom stereocenters. The van der Waals surface area contributed by atoms with E-state index in [0.29, 0.717) is 6.54 Å². The van der Waals surface area contributed by atoms with Gasteiger partial charge in [-0.05, 0) is 37.7 Å². The smallest absolute Gasteiger partial charge is 0.240 e. The third-order valence-corrected chi connectivity index (χ3v) is 4.09. The van der Waals surface area contributed by atoms with Crippen molar-refractivity contribution in [2.75, 3.05) is 18.9 Å². The van der Waals surface area contributed by atoms with E-state index in [1.807, 2.05) is 0 Å². The molecule has 5 nitrogen and oxygen atoms in total. The molecule has 0 aliphatic heterocycles. The summed E-state index contributed by atoms with van der Waals surface area (Å²) in [5.41, 5.74) is 6.76. The third-order valence-electron chi connectivity index (χ3n) is 2.66. The molecule has 1 rings (SSSR count). The van der Waals surface area contributed by atoms with E-state index in [-0.39, 0.29) is 10.9 Å². The highest BCUT2D eigenvalue weighted by molar-refractivity contribution is 7.89. The minimum atomic E-state index is -3.36. The van der Waals surface area contributed by atoms with Crippen LogP contribution < -0.4 is 15.8 Å². The topological polar surface area (TPSA) is 84.2 Å². The fourth-order valence-corrected chi connectivity index (χ4v) is 2.32. The van der Waals surface area contributed by atoms with Crippen LogP contribution in [0.5, 0.6) is 0 Å². The molecule has 1 aromatic carbocycles. The van der Waals surface area contributed by atoms with Gasteiger partial charge in [-0.2, -0.15) is 0 Å². The van der Waals surface area contributed by atoms with Crippen LogP contribution in [-0.2, 0) is 10.0 Å².